The van der Waals surface area contributed by atoms with Gasteiger partial charge in [0.1, 0.15) is 6.07 Å². The van der Waals surface area contributed by atoms with E-state index in [1.165, 1.54) is 24.3 Å². The third-order valence-corrected chi connectivity index (χ3v) is 1.95. The maximum Gasteiger partial charge on any atom is 0.369 e. The number of ether oxygens (including phenoxy) is 1. The van der Waals surface area contributed by atoms with Gasteiger partial charge in [-0.1, -0.05) is 0 Å². The van der Waals surface area contributed by atoms with Gasteiger partial charge in [-0.15, -0.1) is 0 Å². The number of rotatable bonds is 5. The smallest absolute Gasteiger partial charge is 0.369 e. The number of non-ortho nitro benzene ring substituents is 1. The Morgan fingerprint density at radius 2 is 2.16 bits per heavy atom. The first-order valence-corrected chi connectivity index (χ1v) is 5.23. The topological polar surface area (TPSA) is 118 Å². The summed E-state index contributed by atoms with van der Waals surface area (Å²) in [6.45, 7) is 1.74. The van der Waals surface area contributed by atoms with Crippen molar-refractivity contribution in [3.05, 3.63) is 34.4 Å². The molecule has 8 nitrogen and oxygen atoms in total. The molecule has 0 aliphatic heterocycles. The van der Waals surface area contributed by atoms with Gasteiger partial charge in [-0.05, 0) is 19.1 Å². The molecule has 0 radical (unpaired) electrons. The number of nitro benzene ring substituents is 1. The lowest BCUT2D eigenvalue weighted by Gasteiger charge is -2.01. The first-order chi connectivity index (χ1) is 9.08. The number of esters is 1. The molecular formula is C11H10N4O4. The minimum Gasteiger partial charge on any atom is -0.461 e. The number of nitrogens with one attached hydrogen (secondary N) is 1. The van der Waals surface area contributed by atoms with Gasteiger partial charge in [0.2, 0.25) is 5.71 Å². The van der Waals surface area contributed by atoms with Crippen molar-refractivity contribution in [1.82, 2.24) is 0 Å². The number of anilines is 1. The quantitative estimate of drug-likeness (QED) is 0.371. The first kappa shape index (κ1) is 14.1. The number of hydrogen-bond donors (Lipinski definition) is 1. The fraction of sp³-hybridized carbons (Fsp3) is 0.182. The highest BCUT2D eigenvalue weighted by atomic mass is 16.6. The molecule has 0 aromatic heterocycles. The van der Waals surface area contributed by atoms with Crippen molar-refractivity contribution < 1.29 is 14.5 Å². The van der Waals surface area contributed by atoms with Crippen molar-refractivity contribution in [2.45, 2.75) is 6.92 Å². The van der Waals surface area contributed by atoms with Gasteiger partial charge in [-0.25, -0.2) is 4.79 Å². The molecule has 0 spiro atoms. The molecule has 1 N–H and O–H groups in total. The Morgan fingerprint density at radius 1 is 1.53 bits per heavy atom. The summed E-state index contributed by atoms with van der Waals surface area (Å²) < 4.78 is 4.61. The molecule has 98 valence electrons. The number of nitriles is 1. The molecule has 0 unspecified atom stereocenters. The van der Waals surface area contributed by atoms with Crippen molar-refractivity contribution >= 4 is 23.1 Å². The van der Waals surface area contributed by atoms with Crippen molar-refractivity contribution in [2.75, 3.05) is 12.0 Å². The Morgan fingerprint density at radius 3 is 2.63 bits per heavy atom. The second-order valence-corrected chi connectivity index (χ2v) is 3.21. The monoisotopic (exact) mass is 262 g/mol. The van der Waals surface area contributed by atoms with Crippen LogP contribution in [0.15, 0.2) is 29.4 Å². The van der Waals surface area contributed by atoms with Crippen LogP contribution in [-0.4, -0.2) is 23.2 Å². The molecule has 0 heterocycles. The summed E-state index contributed by atoms with van der Waals surface area (Å²) in [7, 11) is 0. The van der Waals surface area contributed by atoms with E-state index in [0.29, 0.717) is 5.69 Å². The molecule has 0 atom stereocenters. The van der Waals surface area contributed by atoms with Gasteiger partial charge >= 0.3 is 5.97 Å². The fourth-order valence-electron chi connectivity index (χ4n) is 1.09. The number of nitro groups is 1. The number of carbonyl (C=O) groups excluding carboxylic acids is 1. The molecule has 0 aliphatic rings. The molecule has 0 saturated heterocycles. The summed E-state index contributed by atoms with van der Waals surface area (Å²) in [6.07, 6.45) is 0. The molecule has 0 aliphatic carbocycles. The van der Waals surface area contributed by atoms with Gasteiger partial charge in [-0.2, -0.15) is 10.4 Å². The van der Waals surface area contributed by atoms with Gasteiger partial charge < -0.3 is 4.74 Å². The summed E-state index contributed by atoms with van der Waals surface area (Å²) in [5.41, 5.74) is 2.35. The lowest BCUT2D eigenvalue weighted by molar-refractivity contribution is -0.384. The van der Waals surface area contributed by atoms with Crippen molar-refractivity contribution in [3.63, 3.8) is 0 Å². The van der Waals surface area contributed by atoms with Crippen molar-refractivity contribution in [2.24, 2.45) is 5.10 Å². The van der Waals surface area contributed by atoms with Gasteiger partial charge in [0, 0.05) is 12.1 Å². The van der Waals surface area contributed by atoms with E-state index in [0.717, 1.165) is 0 Å². The zero-order valence-corrected chi connectivity index (χ0v) is 9.99. The van der Waals surface area contributed by atoms with Crippen LogP contribution in [0.3, 0.4) is 0 Å². The third-order valence-electron chi connectivity index (χ3n) is 1.95. The van der Waals surface area contributed by atoms with Gasteiger partial charge in [0.05, 0.1) is 17.2 Å². The highest BCUT2D eigenvalue weighted by Gasteiger charge is 2.11. The SMILES string of the molecule is CCOC(=O)C(C#N)=NNc1ccc([N+](=O)[O-])cc1. The standard InChI is InChI=1S/C11H10N4O4/c1-2-19-11(16)10(7-12)14-13-8-3-5-9(6-4-8)15(17)18/h3-6,13H,2H2,1H3. The van der Waals surface area contributed by atoms with E-state index in [1.807, 2.05) is 0 Å². The van der Waals surface area contributed by atoms with Gasteiger partial charge in [-0.3, -0.25) is 15.5 Å². The molecule has 19 heavy (non-hydrogen) atoms. The van der Waals surface area contributed by atoms with Gasteiger partial charge in [0.25, 0.3) is 5.69 Å². The molecule has 0 saturated carbocycles. The number of hydrazone groups is 1. The second-order valence-electron chi connectivity index (χ2n) is 3.21. The maximum absolute atomic E-state index is 11.2. The summed E-state index contributed by atoms with van der Waals surface area (Å²) in [4.78, 5) is 21.1. The van der Waals surface area contributed by atoms with E-state index in [-0.39, 0.29) is 12.3 Å². The Bertz CT molecular complexity index is 545. The number of carbonyl (C=O) groups is 1. The molecule has 0 fully saturated rings. The predicted octanol–water partition coefficient (Wildman–Crippen LogP) is 1.45. The Kier molecular flexibility index (Phi) is 4.98. The largest absolute Gasteiger partial charge is 0.461 e. The molecule has 1 aromatic carbocycles. The van der Waals surface area contributed by atoms with Crippen LogP contribution < -0.4 is 5.43 Å². The lowest BCUT2D eigenvalue weighted by Crippen LogP contribution is -2.17. The molecular weight excluding hydrogens is 252 g/mol. The summed E-state index contributed by atoms with van der Waals surface area (Å²) in [5.74, 6) is -0.834. The predicted molar refractivity (Wildman–Crippen MR) is 66.4 cm³/mol. The van der Waals surface area contributed by atoms with Crippen LogP contribution in [0, 0.1) is 21.4 Å². The summed E-state index contributed by atoms with van der Waals surface area (Å²) in [6, 6.07) is 6.94. The Hall–Kier alpha value is -2.95. The zero-order chi connectivity index (χ0) is 14.3. The highest BCUT2D eigenvalue weighted by molar-refractivity contribution is 6.43. The van der Waals surface area contributed by atoms with Gasteiger partial charge in [0.15, 0.2) is 0 Å². The van der Waals surface area contributed by atoms with E-state index in [2.05, 4.69) is 15.3 Å². The van der Waals surface area contributed by atoms with Crippen LogP contribution in [0.1, 0.15) is 6.92 Å². The Balaban J connectivity index is 2.76. The highest BCUT2D eigenvalue weighted by Crippen LogP contribution is 2.15. The van der Waals surface area contributed by atoms with E-state index >= 15 is 0 Å². The second kappa shape index (κ2) is 6.70. The summed E-state index contributed by atoms with van der Waals surface area (Å²) in [5, 5.41) is 22.7. The van der Waals surface area contributed by atoms with Crippen LogP contribution in [0.5, 0.6) is 0 Å². The molecule has 0 amide bonds. The summed E-state index contributed by atoms with van der Waals surface area (Å²) >= 11 is 0. The lowest BCUT2D eigenvalue weighted by atomic mass is 10.3. The molecule has 1 aromatic rings. The average molecular weight is 262 g/mol. The molecule has 0 bridgehead atoms. The van der Waals surface area contributed by atoms with Crippen LogP contribution in [0.2, 0.25) is 0 Å². The number of hydrogen-bond acceptors (Lipinski definition) is 7. The van der Waals surface area contributed by atoms with E-state index < -0.39 is 16.6 Å². The minimum absolute atomic E-state index is 0.0690. The van der Waals surface area contributed by atoms with Crippen LogP contribution in [0.4, 0.5) is 11.4 Å². The normalized spacial score (nSPS) is 10.4. The average Bonchev–Trinajstić information content (AvgIpc) is 2.40. The third kappa shape index (κ3) is 4.08. The van der Waals surface area contributed by atoms with Crippen molar-refractivity contribution in [3.8, 4) is 6.07 Å². The number of benzene rings is 1. The van der Waals surface area contributed by atoms with Crippen molar-refractivity contribution in [1.29, 1.82) is 5.26 Å². The maximum atomic E-state index is 11.2. The van der Waals surface area contributed by atoms with E-state index in [1.54, 1.807) is 13.0 Å². The number of nitrogens with zero attached hydrogens (tertiary/aromatic N) is 3. The first-order valence-electron chi connectivity index (χ1n) is 5.23. The minimum atomic E-state index is -0.834. The molecule has 1 rings (SSSR count). The van der Waals surface area contributed by atoms with Crippen LogP contribution in [-0.2, 0) is 9.53 Å². The Labute approximate surface area is 108 Å². The fourth-order valence-corrected chi connectivity index (χ4v) is 1.09. The van der Waals surface area contributed by atoms with E-state index in [4.69, 9.17) is 5.26 Å². The van der Waals surface area contributed by atoms with Crippen LogP contribution in [0.25, 0.3) is 0 Å². The zero-order valence-electron chi connectivity index (χ0n) is 9.99. The van der Waals surface area contributed by atoms with Crippen LogP contribution >= 0.6 is 0 Å². The molecule has 8 heteroatoms. The van der Waals surface area contributed by atoms with E-state index in [9.17, 15) is 14.9 Å².